The first-order chi connectivity index (χ1) is 13.3. The lowest BCUT2D eigenvalue weighted by atomic mass is 10.2. The molecule has 0 saturated heterocycles. The molecule has 1 heterocycles. The van der Waals surface area contributed by atoms with Crippen LogP contribution in [0.25, 0.3) is 10.9 Å². The van der Waals surface area contributed by atoms with E-state index >= 15 is 0 Å². The molecule has 0 aliphatic rings. The molecule has 3 rings (SSSR count). The van der Waals surface area contributed by atoms with Crippen molar-refractivity contribution in [2.75, 3.05) is 5.43 Å². The van der Waals surface area contributed by atoms with Crippen LogP contribution in [0, 0.1) is 17.5 Å². The van der Waals surface area contributed by atoms with E-state index in [9.17, 15) is 27.6 Å². The molecule has 0 aliphatic carbocycles. The van der Waals surface area contributed by atoms with Crippen LogP contribution in [0.15, 0.2) is 46.0 Å². The highest BCUT2D eigenvalue weighted by atomic mass is 19.2. The van der Waals surface area contributed by atoms with E-state index in [0.29, 0.717) is 6.07 Å². The lowest BCUT2D eigenvalue weighted by Crippen LogP contribution is -2.43. The Bertz CT molecular complexity index is 1190. The molecule has 146 valence electrons. The van der Waals surface area contributed by atoms with Gasteiger partial charge in [0, 0.05) is 6.54 Å². The second-order valence-corrected chi connectivity index (χ2v) is 5.83. The predicted molar refractivity (Wildman–Crippen MR) is 96.2 cm³/mol. The summed E-state index contributed by atoms with van der Waals surface area (Å²) in [6, 6.07) is 7.90. The van der Waals surface area contributed by atoms with Gasteiger partial charge >= 0.3 is 5.69 Å². The molecule has 1 amide bonds. The number of carbonyl (C=O) groups is 1. The summed E-state index contributed by atoms with van der Waals surface area (Å²) in [5.74, 6) is -5.31. The van der Waals surface area contributed by atoms with Crippen molar-refractivity contribution in [1.82, 2.24) is 14.6 Å². The van der Waals surface area contributed by atoms with Crippen LogP contribution in [0.2, 0.25) is 0 Å². The third-order valence-electron chi connectivity index (χ3n) is 4.12. The van der Waals surface area contributed by atoms with Crippen molar-refractivity contribution in [2.24, 2.45) is 0 Å². The van der Waals surface area contributed by atoms with Crippen molar-refractivity contribution in [3.05, 3.63) is 74.7 Å². The predicted octanol–water partition coefficient (Wildman–Crippen LogP) is 1.74. The van der Waals surface area contributed by atoms with Gasteiger partial charge in [0.25, 0.3) is 11.5 Å². The third-order valence-corrected chi connectivity index (χ3v) is 4.12. The number of hydrazine groups is 1. The maximum absolute atomic E-state index is 13.6. The highest BCUT2D eigenvalue weighted by molar-refractivity contribution is 5.82. The molecule has 0 atom stereocenters. The van der Waals surface area contributed by atoms with E-state index < -0.39 is 46.8 Å². The Balaban J connectivity index is 1.89. The molecule has 1 aromatic heterocycles. The summed E-state index contributed by atoms with van der Waals surface area (Å²) in [7, 11) is 0. The molecule has 0 aliphatic heterocycles. The van der Waals surface area contributed by atoms with Crippen molar-refractivity contribution in [2.45, 2.75) is 20.0 Å². The van der Waals surface area contributed by atoms with Gasteiger partial charge in [0.05, 0.1) is 16.6 Å². The molecule has 0 saturated carbocycles. The van der Waals surface area contributed by atoms with Gasteiger partial charge in [-0.2, -0.15) is 0 Å². The summed E-state index contributed by atoms with van der Waals surface area (Å²) in [4.78, 5) is 37.1. The van der Waals surface area contributed by atoms with Crippen LogP contribution in [-0.4, -0.2) is 15.0 Å². The van der Waals surface area contributed by atoms with E-state index in [1.54, 1.807) is 19.1 Å². The van der Waals surface area contributed by atoms with Gasteiger partial charge in [-0.1, -0.05) is 12.1 Å². The number of nitrogens with zero attached hydrogens (tertiary/aromatic N) is 2. The molecule has 0 bridgehead atoms. The molecule has 0 radical (unpaired) electrons. The average Bonchev–Trinajstić information content (AvgIpc) is 2.69. The second-order valence-electron chi connectivity index (χ2n) is 5.83. The van der Waals surface area contributed by atoms with Gasteiger partial charge in [-0.15, -0.1) is 0 Å². The Morgan fingerprint density at radius 3 is 2.43 bits per heavy atom. The summed E-state index contributed by atoms with van der Waals surface area (Å²) < 4.78 is 41.9. The number of hydrogen-bond donors (Lipinski definition) is 2. The summed E-state index contributed by atoms with van der Waals surface area (Å²) in [5, 5.41) is 0.261. The van der Waals surface area contributed by atoms with Gasteiger partial charge in [-0.3, -0.25) is 29.6 Å². The quantitative estimate of drug-likeness (QED) is 0.512. The molecule has 28 heavy (non-hydrogen) atoms. The minimum atomic E-state index is -1.68. The first-order valence-corrected chi connectivity index (χ1v) is 8.25. The number of rotatable bonds is 5. The molecule has 2 N–H and O–H groups in total. The van der Waals surface area contributed by atoms with Gasteiger partial charge in [0.2, 0.25) is 0 Å². The molecule has 2 aromatic carbocycles. The van der Waals surface area contributed by atoms with Crippen LogP contribution in [0.5, 0.6) is 0 Å². The van der Waals surface area contributed by atoms with Gasteiger partial charge in [-0.05, 0) is 31.2 Å². The lowest BCUT2D eigenvalue weighted by Gasteiger charge is -2.14. The topological polar surface area (TPSA) is 85.1 Å². The van der Waals surface area contributed by atoms with E-state index in [0.717, 1.165) is 15.2 Å². The smallest absolute Gasteiger partial charge is 0.295 e. The number of fused-ring (bicyclic) bond motifs is 1. The summed E-state index contributed by atoms with van der Waals surface area (Å²) >= 11 is 0. The van der Waals surface area contributed by atoms with Crippen LogP contribution < -0.4 is 22.1 Å². The first kappa shape index (κ1) is 19.2. The second kappa shape index (κ2) is 7.59. The number of aromatic nitrogens is 2. The van der Waals surface area contributed by atoms with Crippen LogP contribution >= 0.6 is 0 Å². The van der Waals surface area contributed by atoms with Crippen LogP contribution in [0.4, 0.5) is 18.9 Å². The fourth-order valence-corrected chi connectivity index (χ4v) is 2.75. The van der Waals surface area contributed by atoms with Crippen LogP contribution in [0.3, 0.4) is 0 Å². The largest absolute Gasteiger partial charge is 0.331 e. The summed E-state index contributed by atoms with van der Waals surface area (Å²) in [6.07, 6.45) is 0. The summed E-state index contributed by atoms with van der Waals surface area (Å²) in [5.41, 5.74) is 2.88. The maximum Gasteiger partial charge on any atom is 0.331 e. The highest BCUT2D eigenvalue weighted by Crippen LogP contribution is 2.18. The number of amides is 1. The van der Waals surface area contributed by atoms with Gasteiger partial charge in [0.15, 0.2) is 17.5 Å². The van der Waals surface area contributed by atoms with Gasteiger partial charge < -0.3 is 0 Å². The molecule has 0 spiro atoms. The Morgan fingerprint density at radius 2 is 1.71 bits per heavy atom. The van der Waals surface area contributed by atoms with Crippen molar-refractivity contribution in [3.63, 3.8) is 0 Å². The Kier molecular flexibility index (Phi) is 5.21. The Hall–Kier alpha value is -3.56. The van der Waals surface area contributed by atoms with E-state index in [1.165, 1.54) is 12.1 Å². The molecule has 0 unspecified atom stereocenters. The fraction of sp³-hybridized carbons (Fsp3) is 0.167. The maximum atomic E-state index is 13.6. The lowest BCUT2D eigenvalue weighted by molar-refractivity contribution is -0.121. The van der Waals surface area contributed by atoms with Crippen LogP contribution in [0.1, 0.15) is 6.92 Å². The van der Waals surface area contributed by atoms with Crippen molar-refractivity contribution in [1.29, 1.82) is 0 Å². The minimum Gasteiger partial charge on any atom is -0.295 e. The number of anilines is 1. The van der Waals surface area contributed by atoms with Crippen LogP contribution in [-0.2, 0) is 17.9 Å². The van der Waals surface area contributed by atoms with Crippen molar-refractivity contribution < 1.29 is 18.0 Å². The van der Waals surface area contributed by atoms with Crippen molar-refractivity contribution >= 4 is 22.5 Å². The number of benzene rings is 2. The number of para-hydroxylation sites is 1. The SMILES string of the molecule is CCn1c(=O)c2ccccc2n(CC(=O)NNc2ccc(F)c(F)c2F)c1=O. The molecule has 7 nitrogen and oxygen atoms in total. The van der Waals surface area contributed by atoms with E-state index in [4.69, 9.17) is 0 Å². The molecule has 0 fully saturated rings. The zero-order valence-corrected chi connectivity index (χ0v) is 14.6. The number of nitrogens with one attached hydrogen (secondary N) is 2. The van der Waals surface area contributed by atoms with Gasteiger partial charge in [-0.25, -0.2) is 18.0 Å². The number of halogens is 3. The molecular weight excluding hydrogens is 377 g/mol. The standard InChI is InChI=1S/C18H15F3N4O3/c1-2-24-17(27)10-5-3-4-6-13(10)25(18(24)28)9-14(26)23-22-12-8-7-11(19)15(20)16(12)21/h3-8,22H,2,9H2,1H3,(H,23,26). The van der Waals surface area contributed by atoms with E-state index in [2.05, 4.69) is 10.9 Å². The molecule has 3 aromatic rings. The summed E-state index contributed by atoms with van der Waals surface area (Å²) in [6.45, 7) is 1.25. The zero-order chi connectivity index (χ0) is 20.4. The third kappa shape index (κ3) is 3.36. The fourth-order valence-electron chi connectivity index (χ4n) is 2.75. The van der Waals surface area contributed by atoms with Gasteiger partial charge in [0.1, 0.15) is 6.54 Å². The first-order valence-electron chi connectivity index (χ1n) is 8.25. The number of hydrogen-bond acceptors (Lipinski definition) is 4. The number of carbonyl (C=O) groups excluding carboxylic acids is 1. The molecular formula is C18H15F3N4O3. The Morgan fingerprint density at radius 1 is 1.00 bits per heavy atom. The monoisotopic (exact) mass is 392 g/mol. The minimum absolute atomic E-state index is 0.114. The highest BCUT2D eigenvalue weighted by Gasteiger charge is 2.16. The average molecular weight is 392 g/mol. The van der Waals surface area contributed by atoms with Crippen molar-refractivity contribution in [3.8, 4) is 0 Å². The van der Waals surface area contributed by atoms with E-state index in [1.807, 2.05) is 0 Å². The zero-order valence-electron chi connectivity index (χ0n) is 14.6. The normalized spacial score (nSPS) is 10.9. The Labute approximate surface area is 156 Å². The molecule has 10 heteroatoms. The van der Waals surface area contributed by atoms with E-state index in [-0.39, 0.29) is 17.4 Å².